The van der Waals surface area contributed by atoms with Crippen LogP contribution in [-0.2, 0) is 15.6 Å². The molecule has 0 heterocycles. The number of nitrogens with two attached hydrogens (primary N) is 1. The lowest BCUT2D eigenvalue weighted by atomic mass is 10.2. The van der Waals surface area contributed by atoms with Crippen molar-refractivity contribution in [3.05, 3.63) is 11.0 Å². The van der Waals surface area contributed by atoms with E-state index in [-0.39, 0.29) is 0 Å². The zero-order valence-electron chi connectivity index (χ0n) is 11.0. The van der Waals surface area contributed by atoms with E-state index in [1.165, 1.54) is 0 Å². The van der Waals surface area contributed by atoms with Gasteiger partial charge in [0.1, 0.15) is 0 Å². The van der Waals surface area contributed by atoms with Gasteiger partial charge in [0.05, 0.1) is 15.7 Å². The first-order chi connectivity index (χ1) is 8.13. The molecule has 0 saturated heterocycles. The molecule has 0 spiro atoms. The maximum Gasteiger partial charge on any atom is 0.257 e. The lowest BCUT2D eigenvalue weighted by molar-refractivity contribution is -0.113. The molecule has 0 aliphatic carbocycles. The van der Waals surface area contributed by atoms with Crippen molar-refractivity contribution >= 4 is 16.7 Å². The van der Waals surface area contributed by atoms with E-state index in [1.54, 1.807) is 6.08 Å². The largest absolute Gasteiger partial charge is 0.365 e. The van der Waals surface area contributed by atoms with Gasteiger partial charge in [-0.1, -0.05) is 45.6 Å². The Morgan fingerprint density at radius 3 is 2.24 bits per heavy atom. The molecular formula is C13H25NO2S. The maximum absolute atomic E-state index is 11.9. The van der Waals surface area contributed by atoms with Gasteiger partial charge in [-0.3, -0.25) is 9.00 Å². The molecule has 0 aliphatic rings. The van der Waals surface area contributed by atoms with E-state index in [2.05, 4.69) is 13.8 Å². The van der Waals surface area contributed by atoms with Crippen LogP contribution in [0.15, 0.2) is 11.0 Å². The van der Waals surface area contributed by atoms with Crippen LogP contribution in [-0.4, -0.2) is 15.9 Å². The SMILES string of the molecule is CCCCCC=C(C(N)=O)S(=O)CCCCC. The highest BCUT2D eigenvalue weighted by Gasteiger charge is 2.12. The molecule has 0 aromatic heterocycles. The third-order valence-electron chi connectivity index (χ3n) is 2.56. The van der Waals surface area contributed by atoms with E-state index < -0.39 is 16.7 Å². The highest BCUT2D eigenvalue weighted by molar-refractivity contribution is 7.90. The number of rotatable bonds is 10. The highest BCUT2D eigenvalue weighted by Crippen LogP contribution is 2.09. The molecule has 0 aromatic rings. The second-order valence-electron chi connectivity index (χ2n) is 4.19. The van der Waals surface area contributed by atoms with Crippen molar-refractivity contribution in [1.82, 2.24) is 0 Å². The molecule has 17 heavy (non-hydrogen) atoms. The van der Waals surface area contributed by atoms with Gasteiger partial charge in [0.2, 0.25) is 0 Å². The minimum atomic E-state index is -1.21. The van der Waals surface area contributed by atoms with Crippen molar-refractivity contribution in [1.29, 1.82) is 0 Å². The summed E-state index contributed by atoms with van der Waals surface area (Å²) in [6.45, 7) is 4.22. The van der Waals surface area contributed by atoms with Gasteiger partial charge in [0.25, 0.3) is 5.91 Å². The molecule has 0 fully saturated rings. The number of amides is 1. The van der Waals surface area contributed by atoms with Gasteiger partial charge in [-0.05, 0) is 19.3 Å². The van der Waals surface area contributed by atoms with E-state index >= 15 is 0 Å². The first-order valence-electron chi connectivity index (χ1n) is 6.51. The zero-order valence-corrected chi connectivity index (χ0v) is 11.9. The van der Waals surface area contributed by atoms with Gasteiger partial charge < -0.3 is 5.73 Å². The van der Waals surface area contributed by atoms with Crippen LogP contribution in [0, 0.1) is 0 Å². The zero-order chi connectivity index (χ0) is 13.1. The molecule has 0 saturated carbocycles. The van der Waals surface area contributed by atoms with E-state index in [0.717, 1.165) is 44.9 Å². The Kier molecular flexibility index (Phi) is 10.1. The second kappa shape index (κ2) is 10.5. The van der Waals surface area contributed by atoms with Crippen molar-refractivity contribution in [2.45, 2.75) is 58.8 Å². The number of carbonyl (C=O) groups excluding carboxylic acids is 1. The van der Waals surface area contributed by atoms with Gasteiger partial charge >= 0.3 is 0 Å². The van der Waals surface area contributed by atoms with Crippen LogP contribution >= 0.6 is 0 Å². The molecule has 0 radical (unpaired) electrons. The summed E-state index contributed by atoms with van der Waals surface area (Å²) >= 11 is 0. The number of allylic oxidation sites excluding steroid dienone is 1. The lowest BCUT2D eigenvalue weighted by Crippen LogP contribution is -2.19. The van der Waals surface area contributed by atoms with Gasteiger partial charge in [-0.25, -0.2) is 0 Å². The van der Waals surface area contributed by atoms with Gasteiger partial charge in [-0.15, -0.1) is 0 Å². The van der Waals surface area contributed by atoms with E-state index in [4.69, 9.17) is 5.73 Å². The fourth-order valence-electron chi connectivity index (χ4n) is 1.53. The van der Waals surface area contributed by atoms with E-state index in [9.17, 15) is 9.00 Å². The van der Waals surface area contributed by atoms with Crippen LogP contribution in [0.5, 0.6) is 0 Å². The number of unbranched alkanes of at least 4 members (excludes halogenated alkanes) is 5. The van der Waals surface area contributed by atoms with Gasteiger partial charge in [0, 0.05) is 5.75 Å². The molecule has 2 N–H and O–H groups in total. The van der Waals surface area contributed by atoms with Crippen molar-refractivity contribution < 1.29 is 9.00 Å². The van der Waals surface area contributed by atoms with Crippen molar-refractivity contribution in [3.63, 3.8) is 0 Å². The predicted octanol–water partition coefficient (Wildman–Crippen LogP) is 2.87. The third kappa shape index (κ3) is 8.13. The number of hydrogen-bond donors (Lipinski definition) is 1. The molecule has 100 valence electrons. The summed E-state index contributed by atoms with van der Waals surface area (Å²) in [4.78, 5) is 11.5. The summed E-state index contributed by atoms with van der Waals surface area (Å²) in [7, 11) is -1.21. The number of primary amides is 1. The molecule has 0 aliphatic heterocycles. The van der Waals surface area contributed by atoms with Crippen LogP contribution < -0.4 is 5.73 Å². The van der Waals surface area contributed by atoms with Crippen molar-refractivity contribution in [2.75, 3.05) is 5.75 Å². The predicted molar refractivity (Wildman–Crippen MR) is 74.0 cm³/mol. The van der Waals surface area contributed by atoms with Crippen LogP contribution in [0.1, 0.15) is 58.8 Å². The van der Waals surface area contributed by atoms with Crippen LogP contribution in [0.3, 0.4) is 0 Å². The van der Waals surface area contributed by atoms with Crippen LogP contribution in [0.25, 0.3) is 0 Å². The quantitative estimate of drug-likeness (QED) is 0.484. The molecule has 1 amide bonds. The molecule has 1 unspecified atom stereocenters. The summed E-state index contributed by atoms with van der Waals surface area (Å²) in [5.74, 6) is 0.0208. The van der Waals surface area contributed by atoms with E-state index in [0.29, 0.717) is 10.7 Å². The molecule has 0 bridgehead atoms. The minimum absolute atomic E-state index is 0.317. The number of hydrogen-bond acceptors (Lipinski definition) is 2. The lowest BCUT2D eigenvalue weighted by Gasteiger charge is -2.04. The maximum atomic E-state index is 11.9. The Labute approximate surface area is 107 Å². The van der Waals surface area contributed by atoms with Crippen LogP contribution in [0.2, 0.25) is 0 Å². The minimum Gasteiger partial charge on any atom is -0.365 e. The molecule has 3 nitrogen and oxygen atoms in total. The normalized spacial score (nSPS) is 13.6. The average molecular weight is 259 g/mol. The summed E-state index contributed by atoms with van der Waals surface area (Å²) < 4.78 is 11.9. The fraction of sp³-hybridized carbons (Fsp3) is 0.769. The molecule has 0 aromatic carbocycles. The first kappa shape index (κ1) is 16.4. The monoisotopic (exact) mass is 259 g/mol. The number of carbonyl (C=O) groups is 1. The summed E-state index contributed by atoms with van der Waals surface area (Å²) in [6.07, 6.45) is 8.88. The van der Waals surface area contributed by atoms with Crippen LogP contribution in [0.4, 0.5) is 0 Å². The smallest absolute Gasteiger partial charge is 0.257 e. The van der Waals surface area contributed by atoms with Crippen molar-refractivity contribution in [2.24, 2.45) is 5.73 Å². The molecule has 0 rings (SSSR count). The fourth-order valence-corrected chi connectivity index (χ4v) is 2.74. The van der Waals surface area contributed by atoms with Gasteiger partial charge in [0.15, 0.2) is 0 Å². The topological polar surface area (TPSA) is 60.2 Å². The Hall–Kier alpha value is -0.640. The summed E-state index contributed by atoms with van der Waals surface area (Å²) in [5.41, 5.74) is 5.26. The Balaban J connectivity index is 4.20. The molecule has 4 heteroatoms. The summed E-state index contributed by atoms with van der Waals surface area (Å²) in [5, 5.41) is 0. The average Bonchev–Trinajstić information content (AvgIpc) is 2.28. The second-order valence-corrected chi connectivity index (χ2v) is 5.72. The molecule has 1 atom stereocenters. The van der Waals surface area contributed by atoms with Gasteiger partial charge in [-0.2, -0.15) is 0 Å². The highest BCUT2D eigenvalue weighted by atomic mass is 32.2. The summed E-state index contributed by atoms with van der Waals surface area (Å²) in [6, 6.07) is 0. The Morgan fingerprint density at radius 1 is 1.12 bits per heavy atom. The van der Waals surface area contributed by atoms with E-state index in [1.807, 2.05) is 0 Å². The Morgan fingerprint density at radius 2 is 1.71 bits per heavy atom. The van der Waals surface area contributed by atoms with Crippen molar-refractivity contribution in [3.8, 4) is 0 Å². The Bertz CT molecular complexity index is 275. The standard InChI is InChI=1S/C13H25NO2S/c1-3-5-7-8-10-12(13(14)15)17(16)11-9-6-4-2/h10H,3-9,11H2,1-2H3,(H2,14,15). The third-order valence-corrected chi connectivity index (χ3v) is 4.08. The first-order valence-corrected chi connectivity index (χ1v) is 7.83. The molecular weight excluding hydrogens is 234 g/mol.